The molecule has 0 saturated carbocycles. The lowest BCUT2D eigenvalue weighted by Gasteiger charge is -2.28. The van der Waals surface area contributed by atoms with Gasteiger partial charge in [-0.2, -0.15) is 5.11 Å². The number of carboxylic acids is 1. The van der Waals surface area contributed by atoms with Gasteiger partial charge in [-0.1, -0.05) is 44.2 Å². The van der Waals surface area contributed by atoms with Gasteiger partial charge in [-0.3, -0.25) is 4.79 Å². The molecule has 0 amide bonds. The first-order valence-electron chi connectivity index (χ1n) is 6.86. The SMILES string of the molecule is CC[C@H](C(=O)O)[C@@H](C1=NN=NC1)C(C)c1ccccc1. The van der Waals surface area contributed by atoms with Gasteiger partial charge in [-0.05, 0) is 23.1 Å². The molecule has 5 heteroatoms. The van der Waals surface area contributed by atoms with Gasteiger partial charge in [0.05, 0.1) is 11.6 Å². The van der Waals surface area contributed by atoms with E-state index in [1.807, 2.05) is 44.2 Å². The Morgan fingerprint density at radius 3 is 2.55 bits per heavy atom. The standard InChI is InChI=1S/C15H19N3O2/c1-3-12(15(19)20)14(13-9-16-18-17-13)10(2)11-7-5-4-6-8-11/h4-8,10,12,14H,3,9H2,1-2H3,(H,19,20)/t10?,12-,14-/m0/s1. The molecule has 0 aromatic heterocycles. The quantitative estimate of drug-likeness (QED) is 0.863. The summed E-state index contributed by atoms with van der Waals surface area (Å²) in [6.07, 6.45) is 0.566. The molecule has 0 aliphatic carbocycles. The molecule has 1 aromatic rings. The minimum atomic E-state index is -0.783. The molecule has 5 nitrogen and oxygen atoms in total. The first-order chi connectivity index (χ1) is 9.65. The second-order valence-electron chi connectivity index (χ2n) is 5.06. The van der Waals surface area contributed by atoms with E-state index in [1.54, 1.807) is 0 Å². The summed E-state index contributed by atoms with van der Waals surface area (Å²) in [5.41, 5.74) is 1.89. The summed E-state index contributed by atoms with van der Waals surface area (Å²) in [4.78, 5) is 11.5. The van der Waals surface area contributed by atoms with Crippen molar-refractivity contribution in [2.24, 2.45) is 27.3 Å². The lowest BCUT2D eigenvalue weighted by atomic mass is 9.75. The van der Waals surface area contributed by atoms with Crippen LogP contribution in [-0.2, 0) is 4.79 Å². The van der Waals surface area contributed by atoms with Crippen LogP contribution in [0.15, 0.2) is 45.8 Å². The lowest BCUT2D eigenvalue weighted by Crippen LogP contribution is -2.34. The van der Waals surface area contributed by atoms with Crippen LogP contribution in [-0.4, -0.2) is 23.3 Å². The maximum absolute atomic E-state index is 11.5. The summed E-state index contributed by atoms with van der Waals surface area (Å²) in [5, 5.41) is 21.1. The number of nitrogens with zero attached hydrogens (tertiary/aromatic N) is 3. The summed E-state index contributed by atoms with van der Waals surface area (Å²) in [6, 6.07) is 9.94. The van der Waals surface area contributed by atoms with Gasteiger partial charge in [0.25, 0.3) is 0 Å². The predicted octanol–water partition coefficient (Wildman–Crippen LogP) is 3.34. The average Bonchev–Trinajstić information content (AvgIpc) is 2.98. The lowest BCUT2D eigenvalue weighted by molar-refractivity contribution is -0.143. The zero-order chi connectivity index (χ0) is 14.5. The molecule has 0 saturated heterocycles. The molecule has 2 rings (SSSR count). The average molecular weight is 273 g/mol. The van der Waals surface area contributed by atoms with Gasteiger partial charge in [0.1, 0.15) is 6.54 Å². The number of carboxylic acid groups (broad SMARTS) is 1. The fraction of sp³-hybridized carbons (Fsp3) is 0.467. The van der Waals surface area contributed by atoms with Crippen LogP contribution in [0.4, 0.5) is 0 Å². The molecule has 3 atom stereocenters. The van der Waals surface area contributed by atoms with E-state index in [4.69, 9.17) is 0 Å². The van der Waals surface area contributed by atoms with E-state index in [2.05, 4.69) is 15.4 Å². The van der Waals surface area contributed by atoms with E-state index in [1.165, 1.54) is 0 Å². The van der Waals surface area contributed by atoms with E-state index in [0.717, 1.165) is 11.3 Å². The van der Waals surface area contributed by atoms with Gasteiger partial charge in [0, 0.05) is 5.92 Å². The highest BCUT2D eigenvalue weighted by Crippen LogP contribution is 2.34. The highest BCUT2D eigenvalue weighted by Gasteiger charge is 2.36. The number of benzene rings is 1. The highest BCUT2D eigenvalue weighted by atomic mass is 16.4. The van der Waals surface area contributed by atoms with Gasteiger partial charge in [-0.25, -0.2) is 0 Å². The van der Waals surface area contributed by atoms with Crippen molar-refractivity contribution in [1.82, 2.24) is 0 Å². The smallest absolute Gasteiger partial charge is 0.307 e. The Bertz CT molecular complexity index is 525. The topological polar surface area (TPSA) is 74.4 Å². The van der Waals surface area contributed by atoms with Crippen molar-refractivity contribution in [3.63, 3.8) is 0 Å². The largest absolute Gasteiger partial charge is 0.481 e. The molecule has 1 unspecified atom stereocenters. The predicted molar refractivity (Wildman–Crippen MR) is 76.9 cm³/mol. The fourth-order valence-corrected chi connectivity index (χ4v) is 2.81. The van der Waals surface area contributed by atoms with E-state index < -0.39 is 11.9 Å². The fourth-order valence-electron chi connectivity index (χ4n) is 2.81. The van der Waals surface area contributed by atoms with Crippen LogP contribution >= 0.6 is 0 Å². The minimum Gasteiger partial charge on any atom is -0.481 e. The molecule has 0 fully saturated rings. The molecule has 0 radical (unpaired) electrons. The van der Waals surface area contributed by atoms with Gasteiger partial charge < -0.3 is 5.11 Å². The molecular weight excluding hydrogens is 254 g/mol. The summed E-state index contributed by atoms with van der Waals surface area (Å²) in [7, 11) is 0. The Morgan fingerprint density at radius 1 is 1.35 bits per heavy atom. The Hall–Kier alpha value is -2.04. The summed E-state index contributed by atoms with van der Waals surface area (Å²) >= 11 is 0. The third-order valence-electron chi connectivity index (χ3n) is 3.91. The maximum Gasteiger partial charge on any atom is 0.307 e. The normalized spacial score (nSPS) is 18.4. The third kappa shape index (κ3) is 2.92. The Morgan fingerprint density at radius 2 is 2.05 bits per heavy atom. The second kappa shape index (κ2) is 6.41. The first-order valence-corrected chi connectivity index (χ1v) is 6.86. The van der Waals surface area contributed by atoms with E-state index in [9.17, 15) is 9.90 Å². The zero-order valence-corrected chi connectivity index (χ0v) is 11.7. The molecule has 0 bridgehead atoms. The van der Waals surface area contributed by atoms with Gasteiger partial charge in [0.15, 0.2) is 0 Å². The summed E-state index contributed by atoms with van der Waals surface area (Å²) < 4.78 is 0. The van der Waals surface area contributed by atoms with E-state index >= 15 is 0 Å². The van der Waals surface area contributed by atoms with Crippen LogP contribution in [0.1, 0.15) is 31.7 Å². The van der Waals surface area contributed by atoms with Crippen molar-refractivity contribution in [3.05, 3.63) is 35.9 Å². The second-order valence-corrected chi connectivity index (χ2v) is 5.06. The monoisotopic (exact) mass is 273 g/mol. The number of hydrogen-bond donors (Lipinski definition) is 1. The third-order valence-corrected chi connectivity index (χ3v) is 3.91. The van der Waals surface area contributed by atoms with Crippen molar-refractivity contribution in [3.8, 4) is 0 Å². The molecule has 1 heterocycles. The summed E-state index contributed by atoms with van der Waals surface area (Å²) in [6.45, 7) is 4.35. The van der Waals surface area contributed by atoms with Gasteiger partial charge in [-0.15, -0.1) is 5.10 Å². The number of carbonyl (C=O) groups is 1. The molecule has 106 valence electrons. The maximum atomic E-state index is 11.5. The Kier molecular flexibility index (Phi) is 4.61. The van der Waals surface area contributed by atoms with Crippen LogP contribution in [0.3, 0.4) is 0 Å². The first kappa shape index (κ1) is 14.4. The molecule has 1 aliphatic rings. The van der Waals surface area contributed by atoms with Crippen molar-refractivity contribution >= 4 is 11.7 Å². The molecular formula is C15H19N3O2. The van der Waals surface area contributed by atoms with Crippen LogP contribution in [0, 0.1) is 11.8 Å². The minimum absolute atomic E-state index is 0.0690. The van der Waals surface area contributed by atoms with E-state index in [-0.39, 0.29) is 11.8 Å². The van der Waals surface area contributed by atoms with Crippen LogP contribution in [0.2, 0.25) is 0 Å². The molecule has 1 N–H and O–H groups in total. The molecule has 20 heavy (non-hydrogen) atoms. The van der Waals surface area contributed by atoms with Crippen molar-refractivity contribution in [2.75, 3.05) is 6.54 Å². The molecule has 1 aliphatic heterocycles. The van der Waals surface area contributed by atoms with Crippen molar-refractivity contribution in [2.45, 2.75) is 26.2 Å². The van der Waals surface area contributed by atoms with Crippen molar-refractivity contribution < 1.29 is 9.90 Å². The van der Waals surface area contributed by atoms with Gasteiger partial charge >= 0.3 is 5.97 Å². The summed E-state index contributed by atoms with van der Waals surface area (Å²) in [5.74, 6) is -1.35. The van der Waals surface area contributed by atoms with Crippen LogP contribution in [0.25, 0.3) is 0 Å². The van der Waals surface area contributed by atoms with Gasteiger partial charge in [0.2, 0.25) is 0 Å². The number of rotatable bonds is 6. The van der Waals surface area contributed by atoms with Crippen molar-refractivity contribution in [1.29, 1.82) is 0 Å². The molecule has 1 aromatic carbocycles. The Labute approximate surface area is 118 Å². The number of hydrogen-bond acceptors (Lipinski definition) is 4. The number of aliphatic carboxylic acids is 1. The van der Waals surface area contributed by atoms with Crippen LogP contribution in [0.5, 0.6) is 0 Å². The molecule has 0 spiro atoms. The zero-order valence-electron chi connectivity index (χ0n) is 11.7. The Balaban J connectivity index is 2.33. The highest BCUT2D eigenvalue weighted by molar-refractivity contribution is 5.93. The van der Waals surface area contributed by atoms with Crippen LogP contribution < -0.4 is 0 Å². The van der Waals surface area contributed by atoms with E-state index in [0.29, 0.717) is 13.0 Å².